The largest absolute Gasteiger partial charge is 0.323 e. The number of amides is 1. The lowest BCUT2D eigenvalue weighted by Crippen LogP contribution is -2.07. The summed E-state index contributed by atoms with van der Waals surface area (Å²) in [4.78, 5) is 19.7. The number of hydrogen-bond donors (Lipinski definition) is 1. The van der Waals surface area contributed by atoms with E-state index in [1.807, 2.05) is 36.4 Å². The molecule has 0 fully saturated rings. The molecule has 6 heteroatoms. The molecule has 22 heavy (non-hydrogen) atoms. The molecule has 0 radical (unpaired) electrons. The molecule has 6 nitrogen and oxygen atoms in total. The van der Waals surface area contributed by atoms with Crippen molar-refractivity contribution in [3.8, 4) is 5.69 Å². The Morgan fingerprint density at radius 3 is 2.68 bits per heavy atom. The van der Waals surface area contributed by atoms with Gasteiger partial charge in [0, 0.05) is 24.2 Å². The fourth-order valence-corrected chi connectivity index (χ4v) is 1.87. The number of benzene rings is 1. The molecular weight excluding hydrogens is 278 g/mol. The Morgan fingerprint density at radius 2 is 2.00 bits per heavy atom. The van der Waals surface area contributed by atoms with Gasteiger partial charge in [0.05, 0.1) is 5.69 Å². The van der Waals surface area contributed by atoms with Crippen LogP contribution in [0, 0.1) is 0 Å². The Morgan fingerprint density at radius 1 is 1.14 bits per heavy atom. The van der Waals surface area contributed by atoms with E-state index in [0.29, 0.717) is 5.69 Å². The van der Waals surface area contributed by atoms with E-state index in [9.17, 15) is 4.79 Å². The van der Waals surface area contributed by atoms with Crippen LogP contribution < -0.4 is 5.32 Å². The number of nitrogens with zero attached hydrogens (tertiary/aromatic N) is 4. The first-order valence-electron chi connectivity index (χ1n) is 6.65. The summed E-state index contributed by atoms with van der Waals surface area (Å²) in [6.07, 6.45) is 9.66. The Labute approximate surface area is 127 Å². The minimum atomic E-state index is -0.197. The van der Waals surface area contributed by atoms with Crippen molar-refractivity contribution >= 4 is 17.7 Å². The molecule has 1 amide bonds. The van der Waals surface area contributed by atoms with Gasteiger partial charge >= 0.3 is 0 Å². The van der Waals surface area contributed by atoms with E-state index in [1.54, 1.807) is 29.5 Å². The number of nitrogens with one attached hydrogen (secondary N) is 1. The Balaban J connectivity index is 1.63. The highest BCUT2D eigenvalue weighted by molar-refractivity contribution is 6.01. The maximum absolute atomic E-state index is 11.9. The van der Waals surface area contributed by atoms with Crippen LogP contribution in [0.5, 0.6) is 0 Å². The van der Waals surface area contributed by atoms with Crippen LogP contribution in [-0.2, 0) is 4.79 Å². The van der Waals surface area contributed by atoms with Crippen LogP contribution in [0.1, 0.15) is 5.56 Å². The van der Waals surface area contributed by atoms with Gasteiger partial charge in [0.25, 0.3) is 0 Å². The molecule has 0 saturated carbocycles. The number of anilines is 1. The predicted octanol–water partition coefficient (Wildman–Crippen LogP) is 2.31. The summed E-state index contributed by atoms with van der Waals surface area (Å²) in [6, 6.07) is 11.0. The topological polar surface area (TPSA) is 72.7 Å². The van der Waals surface area contributed by atoms with Crippen molar-refractivity contribution in [2.45, 2.75) is 0 Å². The first-order chi connectivity index (χ1) is 10.8. The van der Waals surface area contributed by atoms with Crippen molar-refractivity contribution in [2.24, 2.45) is 0 Å². The van der Waals surface area contributed by atoms with Crippen molar-refractivity contribution < 1.29 is 4.79 Å². The molecular formula is C16H13N5O. The summed E-state index contributed by atoms with van der Waals surface area (Å²) in [5, 5.41) is 6.83. The predicted molar refractivity (Wildman–Crippen MR) is 83.3 cm³/mol. The zero-order valence-electron chi connectivity index (χ0n) is 11.6. The second-order valence-electron chi connectivity index (χ2n) is 4.50. The summed E-state index contributed by atoms with van der Waals surface area (Å²) >= 11 is 0. The van der Waals surface area contributed by atoms with Crippen molar-refractivity contribution in [1.29, 1.82) is 0 Å². The van der Waals surface area contributed by atoms with E-state index in [1.165, 1.54) is 12.4 Å². The number of rotatable bonds is 4. The number of hydrogen-bond acceptors (Lipinski definition) is 4. The van der Waals surface area contributed by atoms with E-state index < -0.39 is 0 Å². The molecule has 2 aromatic heterocycles. The smallest absolute Gasteiger partial charge is 0.248 e. The van der Waals surface area contributed by atoms with E-state index in [2.05, 4.69) is 20.4 Å². The first kappa shape index (κ1) is 13.7. The van der Waals surface area contributed by atoms with E-state index in [4.69, 9.17) is 0 Å². The Hall–Kier alpha value is -3.28. The van der Waals surface area contributed by atoms with Gasteiger partial charge in [0.2, 0.25) is 5.91 Å². The molecule has 0 unspecified atom stereocenters. The van der Waals surface area contributed by atoms with Crippen LogP contribution in [0.15, 0.2) is 67.5 Å². The molecule has 108 valence electrons. The quantitative estimate of drug-likeness (QED) is 0.749. The van der Waals surface area contributed by atoms with Crippen LogP contribution in [-0.4, -0.2) is 25.7 Å². The lowest BCUT2D eigenvalue weighted by atomic mass is 10.2. The fourth-order valence-electron chi connectivity index (χ4n) is 1.87. The van der Waals surface area contributed by atoms with E-state index in [0.717, 1.165) is 11.3 Å². The molecule has 0 aliphatic rings. The number of carbonyl (C=O) groups excluding carboxylic acids is 1. The fraction of sp³-hybridized carbons (Fsp3) is 0. The molecule has 3 rings (SSSR count). The lowest BCUT2D eigenvalue weighted by Gasteiger charge is -2.04. The van der Waals surface area contributed by atoms with Crippen molar-refractivity contribution in [2.75, 3.05) is 5.32 Å². The Kier molecular flexibility index (Phi) is 4.01. The molecule has 3 aromatic rings. The summed E-state index contributed by atoms with van der Waals surface area (Å²) < 4.78 is 1.65. The first-order valence-corrected chi connectivity index (χ1v) is 6.65. The van der Waals surface area contributed by atoms with Gasteiger partial charge in [-0.3, -0.25) is 9.78 Å². The van der Waals surface area contributed by atoms with Crippen molar-refractivity contribution in [3.63, 3.8) is 0 Å². The van der Waals surface area contributed by atoms with Gasteiger partial charge in [-0.2, -0.15) is 5.10 Å². The second kappa shape index (κ2) is 6.45. The maximum atomic E-state index is 11.9. The summed E-state index contributed by atoms with van der Waals surface area (Å²) in [5.41, 5.74) is 2.46. The standard InChI is InChI=1S/C16H13N5O/c22-16(8-3-13-2-1-9-17-10-13)20-14-4-6-15(7-5-14)21-12-18-11-19-21/h1-12H,(H,20,22)/b8-3+. The van der Waals surface area contributed by atoms with Gasteiger partial charge in [0.1, 0.15) is 12.7 Å². The average molecular weight is 291 g/mol. The monoisotopic (exact) mass is 291 g/mol. The Bertz CT molecular complexity index is 764. The normalized spacial score (nSPS) is 10.7. The third-order valence-corrected chi connectivity index (χ3v) is 2.93. The third kappa shape index (κ3) is 3.43. The zero-order valence-corrected chi connectivity index (χ0v) is 11.6. The lowest BCUT2D eigenvalue weighted by molar-refractivity contribution is -0.111. The van der Waals surface area contributed by atoms with Crippen LogP contribution in [0.2, 0.25) is 0 Å². The highest BCUT2D eigenvalue weighted by Gasteiger charge is 2.00. The minimum Gasteiger partial charge on any atom is -0.323 e. The van der Waals surface area contributed by atoms with Crippen LogP contribution in [0.25, 0.3) is 11.8 Å². The summed E-state index contributed by atoms with van der Waals surface area (Å²) in [7, 11) is 0. The molecule has 1 aromatic carbocycles. The SMILES string of the molecule is O=C(/C=C/c1cccnc1)Nc1ccc(-n2cncn2)cc1. The molecule has 0 atom stereocenters. The molecule has 2 heterocycles. The van der Waals surface area contributed by atoms with Gasteiger partial charge < -0.3 is 5.32 Å². The molecule has 0 bridgehead atoms. The molecule has 0 saturated heterocycles. The van der Waals surface area contributed by atoms with Crippen LogP contribution in [0.3, 0.4) is 0 Å². The van der Waals surface area contributed by atoms with Gasteiger partial charge in [0.15, 0.2) is 0 Å². The highest BCUT2D eigenvalue weighted by atomic mass is 16.1. The minimum absolute atomic E-state index is 0.197. The second-order valence-corrected chi connectivity index (χ2v) is 4.50. The number of pyridine rings is 1. The van der Waals surface area contributed by atoms with Gasteiger partial charge in [-0.05, 0) is 42.0 Å². The number of carbonyl (C=O) groups is 1. The molecule has 0 aliphatic heterocycles. The maximum Gasteiger partial charge on any atom is 0.248 e. The molecule has 1 N–H and O–H groups in total. The van der Waals surface area contributed by atoms with Gasteiger partial charge in [-0.25, -0.2) is 9.67 Å². The zero-order chi connectivity index (χ0) is 15.2. The van der Waals surface area contributed by atoms with Crippen molar-refractivity contribution in [3.05, 3.63) is 73.1 Å². The average Bonchev–Trinajstić information content (AvgIpc) is 3.09. The highest BCUT2D eigenvalue weighted by Crippen LogP contribution is 2.12. The van der Waals surface area contributed by atoms with E-state index >= 15 is 0 Å². The summed E-state index contributed by atoms with van der Waals surface area (Å²) in [6.45, 7) is 0. The summed E-state index contributed by atoms with van der Waals surface area (Å²) in [5.74, 6) is -0.197. The van der Waals surface area contributed by atoms with Gasteiger partial charge in [-0.1, -0.05) is 6.07 Å². The number of aromatic nitrogens is 4. The van der Waals surface area contributed by atoms with E-state index in [-0.39, 0.29) is 5.91 Å². The van der Waals surface area contributed by atoms with Crippen molar-refractivity contribution in [1.82, 2.24) is 19.7 Å². The van der Waals surface area contributed by atoms with Gasteiger partial charge in [-0.15, -0.1) is 0 Å². The molecule has 0 spiro atoms. The molecule has 0 aliphatic carbocycles. The third-order valence-electron chi connectivity index (χ3n) is 2.93. The van der Waals surface area contributed by atoms with Crippen LogP contribution >= 0.6 is 0 Å². The van der Waals surface area contributed by atoms with Crippen LogP contribution in [0.4, 0.5) is 5.69 Å².